The maximum atomic E-state index is 3.72. The predicted octanol–water partition coefficient (Wildman–Crippen LogP) is 4.40. The standard InChI is InChI=1S/C8H12.C6H11.Rh/c1-2-4-6-8-7-5-3-1;1-5(2)6(3)4;/h1-2,7-8H,3-6H2;1H2,2-4H3;. The summed E-state index contributed by atoms with van der Waals surface area (Å²) in [4.78, 5) is 0. The van der Waals surface area contributed by atoms with Crippen molar-refractivity contribution in [2.75, 3.05) is 0 Å². The van der Waals surface area contributed by atoms with Crippen LogP contribution in [0.2, 0.25) is 0 Å². The summed E-state index contributed by atoms with van der Waals surface area (Å²) in [7, 11) is 0. The van der Waals surface area contributed by atoms with Crippen molar-refractivity contribution < 1.29 is 19.5 Å². The molecule has 1 saturated carbocycles. The number of rotatable bonds is 1. The van der Waals surface area contributed by atoms with Gasteiger partial charge in [-0.2, -0.15) is 0 Å². The van der Waals surface area contributed by atoms with E-state index in [-0.39, 0.29) is 19.5 Å². The van der Waals surface area contributed by atoms with E-state index in [9.17, 15) is 0 Å². The quantitative estimate of drug-likeness (QED) is 0.629. The Morgan fingerprint density at radius 3 is 1.13 bits per heavy atom. The third kappa shape index (κ3) is 14.6. The molecule has 0 amide bonds. The minimum Gasteiger partial charge on any atom is -0.0588 e. The Balaban J connectivity index is 0. The molecule has 0 saturated heterocycles. The van der Waals surface area contributed by atoms with Gasteiger partial charge < -0.3 is 0 Å². The summed E-state index contributed by atoms with van der Waals surface area (Å²) >= 11 is 0. The van der Waals surface area contributed by atoms with Crippen LogP contribution in [0.1, 0.15) is 46.5 Å². The van der Waals surface area contributed by atoms with Gasteiger partial charge in [0.25, 0.3) is 0 Å². The van der Waals surface area contributed by atoms with Crippen LogP contribution in [0, 0.1) is 44.4 Å². The molecule has 1 fully saturated rings. The molecule has 1 heteroatoms. The van der Waals surface area contributed by atoms with Crippen LogP contribution in [0.15, 0.2) is 0 Å². The Morgan fingerprint density at radius 2 is 1.00 bits per heavy atom. The monoisotopic (exact) mass is 294 g/mol. The summed E-state index contributed by atoms with van der Waals surface area (Å²) in [6, 6.07) is 0. The van der Waals surface area contributed by atoms with E-state index in [0.29, 0.717) is 0 Å². The second-order valence-corrected chi connectivity index (χ2v) is 3.88. The van der Waals surface area contributed by atoms with E-state index in [0.717, 1.165) is 0 Å². The minimum absolute atomic E-state index is 0. The molecule has 0 unspecified atom stereocenters. The zero-order valence-electron chi connectivity index (χ0n) is 10.2. The van der Waals surface area contributed by atoms with Crippen molar-refractivity contribution in [2.45, 2.75) is 46.5 Å². The average molecular weight is 294 g/mol. The topological polar surface area (TPSA) is 0 Å². The third-order valence-electron chi connectivity index (χ3n) is 2.19. The van der Waals surface area contributed by atoms with Crippen molar-refractivity contribution in [3.63, 3.8) is 0 Å². The Bertz CT molecular complexity index is 77.9. The van der Waals surface area contributed by atoms with E-state index >= 15 is 0 Å². The van der Waals surface area contributed by atoms with Crippen LogP contribution in [0.3, 0.4) is 0 Å². The van der Waals surface area contributed by atoms with Crippen LogP contribution >= 0.6 is 0 Å². The van der Waals surface area contributed by atoms with Crippen LogP contribution in [0.4, 0.5) is 0 Å². The summed E-state index contributed by atoms with van der Waals surface area (Å²) in [6.45, 7) is 9.84. The molecule has 0 aromatic rings. The first-order chi connectivity index (χ1) is 6.64. The van der Waals surface area contributed by atoms with Gasteiger partial charge in [0.1, 0.15) is 0 Å². The predicted molar refractivity (Wildman–Crippen MR) is 64.5 cm³/mol. The van der Waals surface area contributed by atoms with Crippen molar-refractivity contribution in [2.24, 2.45) is 0 Å². The molecular formula is C14H23Rh. The average Bonchev–Trinajstić information content (AvgIpc) is 2.03. The summed E-state index contributed by atoms with van der Waals surface area (Å²) in [5.74, 6) is 2.49. The molecule has 0 atom stereocenters. The maximum Gasteiger partial charge on any atom is 0 e. The summed E-state index contributed by atoms with van der Waals surface area (Å²) in [6.07, 6.45) is 14.0. The molecule has 1 rings (SSSR count). The summed E-state index contributed by atoms with van der Waals surface area (Å²) in [5, 5.41) is 0. The smallest absolute Gasteiger partial charge is 0 e. The number of hydrogen-bond donors (Lipinski definition) is 0. The van der Waals surface area contributed by atoms with Crippen LogP contribution in [-0.2, 0) is 19.5 Å². The van der Waals surface area contributed by atoms with Crippen molar-refractivity contribution in [3.8, 4) is 0 Å². The van der Waals surface area contributed by atoms with Crippen LogP contribution < -0.4 is 0 Å². The molecule has 1 aliphatic rings. The zero-order valence-corrected chi connectivity index (χ0v) is 11.8. The van der Waals surface area contributed by atoms with Gasteiger partial charge in [0, 0.05) is 19.5 Å². The molecule has 1 aliphatic carbocycles. The van der Waals surface area contributed by atoms with Crippen LogP contribution in [0.25, 0.3) is 0 Å². The molecule has 15 heavy (non-hydrogen) atoms. The van der Waals surface area contributed by atoms with Gasteiger partial charge in [-0.05, 0) is 70.1 Å². The molecule has 0 aromatic heterocycles. The van der Waals surface area contributed by atoms with E-state index in [2.05, 4.69) is 46.5 Å². The summed E-state index contributed by atoms with van der Waals surface area (Å²) in [5.41, 5.74) is 0. The van der Waals surface area contributed by atoms with E-state index in [1.165, 1.54) is 37.5 Å². The fraction of sp³-hybridized carbons (Fsp3) is 0.500. The summed E-state index contributed by atoms with van der Waals surface area (Å²) < 4.78 is 0. The molecular weight excluding hydrogens is 271 g/mol. The first-order valence-corrected chi connectivity index (χ1v) is 5.40. The fourth-order valence-electron chi connectivity index (χ4n) is 0.856. The molecule has 0 aliphatic heterocycles. The SMILES string of the molecule is [CH2][C](C)[C](C)C.[CH]1[CH]CC[CH][CH]CC1.[Rh]. The normalized spacial score (nSPS) is 17.2. The Hall–Kier alpha value is 0.623. The number of hydrogen-bond acceptors (Lipinski definition) is 0. The van der Waals surface area contributed by atoms with Gasteiger partial charge in [0.05, 0.1) is 0 Å². The van der Waals surface area contributed by atoms with E-state index in [1.54, 1.807) is 0 Å². The molecule has 0 spiro atoms. The molecule has 8 radical (unpaired) electrons. The van der Waals surface area contributed by atoms with Crippen molar-refractivity contribution in [1.82, 2.24) is 0 Å². The maximum absolute atomic E-state index is 3.72. The molecule has 0 bridgehead atoms. The van der Waals surface area contributed by atoms with Gasteiger partial charge in [-0.25, -0.2) is 0 Å². The first-order valence-electron chi connectivity index (χ1n) is 5.40. The second kappa shape index (κ2) is 12.7. The van der Waals surface area contributed by atoms with Gasteiger partial charge in [0.2, 0.25) is 0 Å². The van der Waals surface area contributed by atoms with Crippen LogP contribution in [0.5, 0.6) is 0 Å². The Kier molecular flexibility index (Phi) is 15.2. The second-order valence-electron chi connectivity index (χ2n) is 3.88. The van der Waals surface area contributed by atoms with Gasteiger partial charge in [-0.1, -0.05) is 20.8 Å². The van der Waals surface area contributed by atoms with Crippen molar-refractivity contribution in [1.29, 1.82) is 0 Å². The largest absolute Gasteiger partial charge is 0.0588 e. The molecule has 88 valence electrons. The first kappa shape index (κ1) is 18.0. The van der Waals surface area contributed by atoms with Crippen molar-refractivity contribution in [3.05, 3.63) is 44.4 Å². The van der Waals surface area contributed by atoms with Crippen molar-refractivity contribution >= 4 is 0 Å². The molecule has 0 nitrogen and oxygen atoms in total. The molecule has 0 N–H and O–H groups in total. The van der Waals surface area contributed by atoms with Gasteiger partial charge in [-0.15, -0.1) is 0 Å². The molecule has 0 aromatic carbocycles. The van der Waals surface area contributed by atoms with E-state index in [4.69, 9.17) is 0 Å². The Morgan fingerprint density at radius 1 is 0.800 bits per heavy atom. The fourth-order valence-corrected chi connectivity index (χ4v) is 0.856. The third-order valence-corrected chi connectivity index (χ3v) is 2.19. The Labute approximate surface area is 110 Å². The zero-order chi connectivity index (χ0) is 10.8. The van der Waals surface area contributed by atoms with E-state index in [1.807, 2.05) is 6.92 Å². The van der Waals surface area contributed by atoms with E-state index < -0.39 is 0 Å². The minimum atomic E-state index is 0. The van der Waals surface area contributed by atoms with Gasteiger partial charge in [0.15, 0.2) is 0 Å². The molecule has 0 heterocycles. The van der Waals surface area contributed by atoms with Crippen LogP contribution in [-0.4, -0.2) is 0 Å². The van der Waals surface area contributed by atoms with Gasteiger partial charge >= 0.3 is 0 Å². The van der Waals surface area contributed by atoms with Gasteiger partial charge in [-0.3, -0.25) is 0 Å².